The second kappa shape index (κ2) is 6.56. The Morgan fingerprint density at radius 1 is 1.46 bits per heavy atom. The molecule has 150 valence electrons. The van der Waals surface area contributed by atoms with E-state index in [-0.39, 0.29) is 12.1 Å². The summed E-state index contributed by atoms with van der Waals surface area (Å²) in [4.78, 5) is 40.1. The van der Waals surface area contributed by atoms with Crippen molar-refractivity contribution >= 4 is 33.9 Å². The van der Waals surface area contributed by atoms with Crippen LogP contribution in [0.3, 0.4) is 0 Å². The fourth-order valence-electron chi connectivity index (χ4n) is 3.47. The molecule has 2 aliphatic heterocycles. The minimum atomic E-state index is -4.26. The van der Waals surface area contributed by atoms with Crippen LogP contribution in [-0.2, 0) is 30.7 Å². The number of carboxylic acids is 1. The number of pyridine rings is 1. The smallest absolute Gasteiger partial charge is 0.404 e. The van der Waals surface area contributed by atoms with Crippen molar-refractivity contribution in [1.29, 1.82) is 0 Å². The van der Waals surface area contributed by atoms with E-state index in [1.807, 2.05) is 0 Å². The van der Waals surface area contributed by atoms with Crippen LogP contribution in [0, 0.1) is 0 Å². The minimum Gasteiger partial charge on any atom is -0.480 e. The first-order chi connectivity index (χ1) is 13.0. The highest BCUT2D eigenvalue weighted by molar-refractivity contribution is 7.94. The third-order valence-corrected chi connectivity index (χ3v) is 7.63. The molecule has 2 amide bonds. The largest absolute Gasteiger partial charge is 0.480 e. The SMILES string of the molecule is C[C@]1(COC(N)=O)[C@H](C(=O)O)N2C(=O)/C(=C/c3cc(CN)ccn3)C2S1(=O)=O. The number of hydrogen-bond acceptors (Lipinski definition) is 8. The van der Waals surface area contributed by atoms with Crippen molar-refractivity contribution in [2.24, 2.45) is 11.5 Å². The fourth-order valence-corrected chi connectivity index (χ4v) is 5.75. The molecule has 0 aliphatic carbocycles. The summed E-state index contributed by atoms with van der Waals surface area (Å²) in [6, 6.07) is 1.53. The molecule has 0 radical (unpaired) electrons. The van der Waals surface area contributed by atoms with Crippen molar-refractivity contribution in [2.75, 3.05) is 6.61 Å². The highest BCUT2D eigenvalue weighted by Crippen LogP contribution is 2.49. The Morgan fingerprint density at radius 2 is 2.14 bits per heavy atom. The van der Waals surface area contributed by atoms with E-state index in [4.69, 9.17) is 11.5 Å². The van der Waals surface area contributed by atoms with Crippen LogP contribution in [0.2, 0.25) is 0 Å². The topological polar surface area (TPSA) is 183 Å². The van der Waals surface area contributed by atoms with Gasteiger partial charge < -0.3 is 26.2 Å². The number of aromatic nitrogens is 1. The van der Waals surface area contributed by atoms with Crippen molar-refractivity contribution in [3.05, 3.63) is 35.2 Å². The van der Waals surface area contributed by atoms with Gasteiger partial charge in [0, 0.05) is 12.7 Å². The molecule has 1 unspecified atom stereocenters. The van der Waals surface area contributed by atoms with Crippen LogP contribution < -0.4 is 11.5 Å². The zero-order valence-electron chi connectivity index (χ0n) is 14.7. The van der Waals surface area contributed by atoms with Crippen molar-refractivity contribution in [1.82, 2.24) is 9.88 Å². The highest BCUT2D eigenvalue weighted by atomic mass is 32.2. The van der Waals surface area contributed by atoms with Gasteiger partial charge in [0.1, 0.15) is 11.4 Å². The average Bonchev–Trinajstić information content (AvgIpc) is 2.80. The molecule has 2 aliphatic rings. The monoisotopic (exact) mass is 410 g/mol. The Bertz CT molecular complexity index is 1010. The summed E-state index contributed by atoms with van der Waals surface area (Å²) in [5, 5.41) is 8.07. The predicted octanol–water partition coefficient (Wildman–Crippen LogP) is -1.17. The van der Waals surface area contributed by atoms with Crippen LogP contribution in [0.25, 0.3) is 6.08 Å². The molecular weight excluding hydrogens is 392 g/mol. The second-order valence-electron chi connectivity index (χ2n) is 6.66. The number of carboxylic acid groups (broad SMARTS) is 1. The summed E-state index contributed by atoms with van der Waals surface area (Å²) in [7, 11) is -4.26. The first kappa shape index (κ1) is 19.8. The molecule has 0 bridgehead atoms. The number of sulfone groups is 1. The first-order valence-electron chi connectivity index (χ1n) is 8.12. The van der Waals surface area contributed by atoms with Crippen LogP contribution >= 0.6 is 0 Å². The summed E-state index contributed by atoms with van der Waals surface area (Å²) in [5.74, 6) is -2.28. The number of amides is 2. The molecule has 11 nitrogen and oxygen atoms in total. The lowest BCUT2D eigenvalue weighted by molar-refractivity contribution is -0.153. The lowest BCUT2D eigenvalue weighted by atomic mass is 9.94. The summed E-state index contributed by atoms with van der Waals surface area (Å²) < 4.78 is 28.7. The summed E-state index contributed by atoms with van der Waals surface area (Å²) in [6.45, 7) is 0.542. The molecule has 12 heteroatoms. The lowest BCUT2D eigenvalue weighted by Crippen LogP contribution is -2.59. The molecule has 2 fully saturated rings. The maximum Gasteiger partial charge on any atom is 0.404 e. The number of β-lactam (4-membered cyclic amide) rings is 1. The second-order valence-corrected chi connectivity index (χ2v) is 9.13. The zero-order valence-corrected chi connectivity index (χ0v) is 15.5. The number of carbonyl (C=O) groups excluding carboxylic acids is 2. The number of nitrogens with zero attached hydrogens (tertiary/aromatic N) is 2. The number of aliphatic carboxylic acids is 1. The van der Waals surface area contributed by atoms with Gasteiger partial charge >= 0.3 is 12.1 Å². The highest BCUT2D eigenvalue weighted by Gasteiger charge is 2.72. The number of ether oxygens (including phenoxy) is 1. The number of carbonyl (C=O) groups is 3. The van der Waals surface area contributed by atoms with Crippen LogP contribution in [0.4, 0.5) is 4.79 Å². The van der Waals surface area contributed by atoms with Gasteiger partial charge in [-0.1, -0.05) is 0 Å². The molecule has 3 rings (SSSR count). The Balaban J connectivity index is 2.06. The van der Waals surface area contributed by atoms with Crippen molar-refractivity contribution < 1.29 is 32.6 Å². The van der Waals surface area contributed by atoms with Crippen molar-refractivity contribution in [2.45, 2.75) is 29.6 Å². The molecule has 3 heterocycles. The van der Waals surface area contributed by atoms with Gasteiger partial charge in [-0.15, -0.1) is 0 Å². The van der Waals surface area contributed by atoms with E-state index in [9.17, 15) is 27.9 Å². The van der Waals surface area contributed by atoms with Crippen molar-refractivity contribution in [3.8, 4) is 0 Å². The average molecular weight is 410 g/mol. The normalized spacial score (nSPS) is 29.3. The summed E-state index contributed by atoms with van der Waals surface area (Å²) in [5.41, 5.74) is 11.4. The van der Waals surface area contributed by atoms with Gasteiger partial charge in [-0.2, -0.15) is 0 Å². The van der Waals surface area contributed by atoms with E-state index < -0.39 is 50.6 Å². The van der Waals surface area contributed by atoms with E-state index in [1.165, 1.54) is 12.3 Å². The quantitative estimate of drug-likeness (QED) is 0.397. The maximum atomic E-state index is 13.1. The summed E-state index contributed by atoms with van der Waals surface area (Å²) in [6.07, 6.45) is 1.50. The van der Waals surface area contributed by atoms with Crippen LogP contribution in [0.15, 0.2) is 23.9 Å². The van der Waals surface area contributed by atoms with E-state index in [1.54, 1.807) is 12.1 Å². The van der Waals surface area contributed by atoms with Crippen molar-refractivity contribution in [3.63, 3.8) is 0 Å². The van der Waals surface area contributed by atoms with Gasteiger partial charge in [0.25, 0.3) is 5.91 Å². The first-order valence-corrected chi connectivity index (χ1v) is 9.67. The van der Waals surface area contributed by atoms with Gasteiger partial charge in [0.05, 0.1) is 11.3 Å². The van der Waals surface area contributed by atoms with Gasteiger partial charge in [0.2, 0.25) is 0 Å². The van der Waals surface area contributed by atoms with E-state index in [0.717, 1.165) is 17.4 Å². The van der Waals surface area contributed by atoms with Gasteiger partial charge in [-0.3, -0.25) is 9.78 Å². The molecule has 2 saturated heterocycles. The molecule has 28 heavy (non-hydrogen) atoms. The third kappa shape index (κ3) is 2.72. The molecule has 5 N–H and O–H groups in total. The Labute approximate surface area is 159 Å². The Kier molecular flexibility index (Phi) is 4.63. The number of nitrogens with two attached hydrogens (primary N) is 2. The Morgan fingerprint density at radius 3 is 2.71 bits per heavy atom. The third-order valence-electron chi connectivity index (χ3n) is 4.92. The molecule has 0 spiro atoms. The van der Waals surface area contributed by atoms with E-state index in [0.29, 0.717) is 5.69 Å². The lowest BCUT2D eigenvalue weighted by Gasteiger charge is -2.37. The zero-order chi connectivity index (χ0) is 20.9. The van der Waals surface area contributed by atoms with Gasteiger partial charge in [-0.05, 0) is 30.7 Å². The molecule has 1 aromatic heterocycles. The fraction of sp³-hybridized carbons (Fsp3) is 0.375. The number of hydrogen-bond donors (Lipinski definition) is 3. The minimum absolute atomic E-state index is 0.115. The number of fused-ring (bicyclic) bond motifs is 1. The number of primary amides is 1. The molecule has 1 aromatic rings. The number of rotatable bonds is 5. The van der Waals surface area contributed by atoms with Crippen LogP contribution in [0.1, 0.15) is 18.2 Å². The summed E-state index contributed by atoms with van der Waals surface area (Å²) >= 11 is 0. The van der Waals surface area contributed by atoms with E-state index >= 15 is 0 Å². The molecular formula is C16H18N4O7S. The predicted molar refractivity (Wildman–Crippen MR) is 95.0 cm³/mol. The maximum absolute atomic E-state index is 13.1. The van der Waals surface area contributed by atoms with Crippen LogP contribution in [0.5, 0.6) is 0 Å². The van der Waals surface area contributed by atoms with Crippen LogP contribution in [-0.4, -0.2) is 64.1 Å². The van der Waals surface area contributed by atoms with Gasteiger partial charge in [0.15, 0.2) is 21.3 Å². The molecule has 0 aromatic carbocycles. The Hall–Kier alpha value is -2.99. The molecule has 3 atom stereocenters. The van der Waals surface area contributed by atoms with E-state index in [2.05, 4.69) is 9.72 Å². The standard InChI is InChI=1S/C16H18N4O7S/c1-16(7-27-15(18)24)11(14(22)23)20-12(21)10(13(20)28(16,25)26)5-9-4-8(6-17)2-3-19-9/h2-5,11,13H,6-7,17H2,1H3,(H2,18,24)(H,22,23)/b10-5-/t11-,13?,16-/m0/s1. The molecule has 0 saturated carbocycles. The van der Waals surface area contributed by atoms with Gasteiger partial charge in [-0.25, -0.2) is 18.0 Å².